The van der Waals surface area contributed by atoms with Crippen LogP contribution < -0.4 is 10.6 Å². The lowest BCUT2D eigenvalue weighted by atomic mass is 9.86. The van der Waals surface area contributed by atoms with E-state index in [1.807, 2.05) is 0 Å². The zero-order chi connectivity index (χ0) is 13.7. The molecule has 2 amide bonds. The van der Waals surface area contributed by atoms with Crippen LogP contribution in [0.25, 0.3) is 0 Å². The van der Waals surface area contributed by atoms with Gasteiger partial charge in [0.2, 0.25) is 0 Å². The Morgan fingerprint density at radius 3 is 2.58 bits per heavy atom. The maximum Gasteiger partial charge on any atom is 0.319 e. The number of hydrogen-bond donors (Lipinski definition) is 2. The minimum Gasteiger partial charge on any atom is -0.335 e. The molecule has 2 atom stereocenters. The number of rotatable bonds is 2. The van der Waals surface area contributed by atoms with E-state index >= 15 is 0 Å². The Kier molecular flexibility index (Phi) is 4.40. The van der Waals surface area contributed by atoms with Gasteiger partial charge in [-0.1, -0.05) is 19.8 Å². The third kappa shape index (κ3) is 3.72. The van der Waals surface area contributed by atoms with E-state index in [2.05, 4.69) is 23.6 Å². The fourth-order valence-electron chi connectivity index (χ4n) is 2.49. The van der Waals surface area contributed by atoms with Gasteiger partial charge in [0.1, 0.15) is 0 Å². The Labute approximate surface area is 113 Å². The highest BCUT2D eigenvalue weighted by Crippen LogP contribution is 2.23. The van der Waals surface area contributed by atoms with Crippen LogP contribution in [0.1, 0.15) is 38.2 Å². The molecule has 0 radical (unpaired) electrons. The summed E-state index contributed by atoms with van der Waals surface area (Å²) in [6.45, 7) is 2.19. The van der Waals surface area contributed by atoms with Gasteiger partial charge in [-0.25, -0.2) is 4.79 Å². The smallest absolute Gasteiger partial charge is 0.319 e. The van der Waals surface area contributed by atoms with Crippen LogP contribution in [-0.2, 0) is 0 Å². The molecule has 1 aromatic rings. The first-order chi connectivity index (χ1) is 9.19. The van der Waals surface area contributed by atoms with E-state index in [0.29, 0.717) is 17.2 Å². The lowest BCUT2D eigenvalue weighted by Gasteiger charge is -2.29. The van der Waals surface area contributed by atoms with E-state index < -0.39 is 0 Å². The van der Waals surface area contributed by atoms with Crippen molar-refractivity contribution in [3.63, 3.8) is 0 Å². The number of nitrogens with one attached hydrogen (secondary N) is 2. The Morgan fingerprint density at radius 1 is 1.26 bits per heavy atom. The quantitative estimate of drug-likeness (QED) is 0.854. The molecular weight excluding hydrogens is 238 g/mol. The Hall–Kier alpha value is -2.02. The van der Waals surface area contributed by atoms with Gasteiger partial charge >= 0.3 is 6.03 Å². The van der Waals surface area contributed by atoms with Crippen molar-refractivity contribution < 1.29 is 4.79 Å². The molecule has 0 aromatic heterocycles. The van der Waals surface area contributed by atoms with Crippen molar-refractivity contribution in [1.82, 2.24) is 5.32 Å². The topological polar surface area (TPSA) is 64.9 Å². The zero-order valence-corrected chi connectivity index (χ0v) is 11.1. The van der Waals surface area contributed by atoms with Crippen LogP contribution in [0.2, 0.25) is 0 Å². The van der Waals surface area contributed by atoms with Crippen LogP contribution in [0.5, 0.6) is 0 Å². The van der Waals surface area contributed by atoms with Crippen LogP contribution >= 0.6 is 0 Å². The Bertz CT molecular complexity index is 475. The number of benzene rings is 1. The molecule has 0 heterocycles. The van der Waals surface area contributed by atoms with E-state index in [-0.39, 0.29) is 12.1 Å². The molecule has 1 aliphatic carbocycles. The van der Waals surface area contributed by atoms with E-state index in [9.17, 15) is 4.79 Å². The Balaban J connectivity index is 1.88. The third-order valence-electron chi connectivity index (χ3n) is 3.70. The minimum atomic E-state index is -0.163. The predicted molar refractivity (Wildman–Crippen MR) is 74.7 cm³/mol. The van der Waals surface area contributed by atoms with Crippen molar-refractivity contribution in [3.8, 4) is 6.07 Å². The molecular formula is C15H19N3O. The molecule has 0 aliphatic heterocycles. The van der Waals surface area contributed by atoms with E-state index in [0.717, 1.165) is 6.42 Å². The normalized spacial score (nSPS) is 22.3. The average molecular weight is 257 g/mol. The van der Waals surface area contributed by atoms with Crippen LogP contribution in [0.15, 0.2) is 24.3 Å². The summed E-state index contributed by atoms with van der Waals surface area (Å²) < 4.78 is 0. The molecule has 100 valence electrons. The summed E-state index contributed by atoms with van der Waals surface area (Å²) in [5, 5.41) is 14.5. The maximum absolute atomic E-state index is 11.9. The first kappa shape index (κ1) is 13.4. The van der Waals surface area contributed by atoms with Gasteiger partial charge in [-0.05, 0) is 43.0 Å². The fourth-order valence-corrected chi connectivity index (χ4v) is 2.49. The molecule has 1 saturated carbocycles. The molecule has 0 bridgehead atoms. The van der Waals surface area contributed by atoms with Gasteiger partial charge in [-0.3, -0.25) is 0 Å². The Morgan fingerprint density at radius 2 is 1.95 bits per heavy atom. The monoisotopic (exact) mass is 257 g/mol. The lowest BCUT2D eigenvalue weighted by Crippen LogP contribution is -2.43. The van der Waals surface area contributed by atoms with Crippen LogP contribution in [0.4, 0.5) is 10.5 Å². The van der Waals surface area contributed by atoms with Gasteiger partial charge in [0, 0.05) is 11.7 Å². The fraction of sp³-hybridized carbons (Fsp3) is 0.467. The molecule has 0 saturated heterocycles. The molecule has 2 unspecified atom stereocenters. The number of urea groups is 1. The van der Waals surface area contributed by atoms with Crippen molar-refractivity contribution in [3.05, 3.63) is 29.8 Å². The summed E-state index contributed by atoms with van der Waals surface area (Å²) in [6.07, 6.45) is 4.69. The highest BCUT2D eigenvalue weighted by molar-refractivity contribution is 5.89. The van der Waals surface area contributed by atoms with E-state index in [1.54, 1.807) is 24.3 Å². The van der Waals surface area contributed by atoms with Crippen molar-refractivity contribution in [2.24, 2.45) is 5.92 Å². The van der Waals surface area contributed by atoms with Gasteiger partial charge in [0.05, 0.1) is 11.6 Å². The van der Waals surface area contributed by atoms with Crippen molar-refractivity contribution in [2.45, 2.75) is 38.6 Å². The minimum absolute atomic E-state index is 0.163. The summed E-state index contributed by atoms with van der Waals surface area (Å²) >= 11 is 0. The second-order valence-electron chi connectivity index (χ2n) is 5.16. The summed E-state index contributed by atoms with van der Waals surface area (Å²) in [5.41, 5.74) is 1.30. The van der Waals surface area contributed by atoms with Crippen LogP contribution in [-0.4, -0.2) is 12.1 Å². The predicted octanol–water partition coefficient (Wildman–Crippen LogP) is 3.26. The first-order valence-electron chi connectivity index (χ1n) is 6.76. The van der Waals surface area contributed by atoms with Gasteiger partial charge in [-0.2, -0.15) is 5.26 Å². The van der Waals surface area contributed by atoms with Crippen LogP contribution in [0, 0.1) is 17.2 Å². The number of nitriles is 1. The highest BCUT2D eigenvalue weighted by atomic mass is 16.2. The summed E-state index contributed by atoms with van der Waals surface area (Å²) in [5.74, 6) is 0.542. The summed E-state index contributed by atoms with van der Waals surface area (Å²) in [7, 11) is 0. The number of amides is 2. The van der Waals surface area contributed by atoms with Gasteiger partial charge < -0.3 is 10.6 Å². The second-order valence-corrected chi connectivity index (χ2v) is 5.16. The number of nitrogens with zero attached hydrogens (tertiary/aromatic N) is 1. The van der Waals surface area contributed by atoms with Gasteiger partial charge in [0.25, 0.3) is 0 Å². The van der Waals surface area contributed by atoms with Crippen LogP contribution in [0.3, 0.4) is 0 Å². The van der Waals surface area contributed by atoms with Crippen molar-refractivity contribution in [1.29, 1.82) is 5.26 Å². The molecule has 2 rings (SSSR count). The number of carbonyl (C=O) groups is 1. The van der Waals surface area contributed by atoms with E-state index in [1.165, 1.54) is 19.3 Å². The summed E-state index contributed by atoms with van der Waals surface area (Å²) in [6, 6.07) is 9.02. The third-order valence-corrected chi connectivity index (χ3v) is 3.70. The molecule has 4 heteroatoms. The van der Waals surface area contributed by atoms with Gasteiger partial charge in [0.15, 0.2) is 0 Å². The standard InChI is InChI=1S/C15H19N3O/c1-11-4-2-3-5-14(11)18-15(19)17-13-8-6-12(10-16)7-9-13/h6-9,11,14H,2-5H2,1H3,(H2,17,18,19). The highest BCUT2D eigenvalue weighted by Gasteiger charge is 2.22. The van der Waals surface area contributed by atoms with Crippen molar-refractivity contribution in [2.75, 3.05) is 5.32 Å². The molecule has 4 nitrogen and oxygen atoms in total. The number of anilines is 1. The van der Waals surface area contributed by atoms with Crippen molar-refractivity contribution >= 4 is 11.7 Å². The molecule has 1 aromatic carbocycles. The number of hydrogen-bond acceptors (Lipinski definition) is 2. The molecule has 1 aliphatic rings. The van der Waals surface area contributed by atoms with E-state index in [4.69, 9.17) is 5.26 Å². The zero-order valence-electron chi connectivity index (χ0n) is 11.1. The average Bonchev–Trinajstić information content (AvgIpc) is 2.42. The molecule has 0 spiro atoms. The summed E-state index contributed by atoms with van der Waals surface area (Å²) in [4.78, 5) is 11.9. The number of carbonyl (C=O) groups excluding carboxylic acids is 1. The first-order valence-corrected chi connectivity index (χ1v) is 6.76. The van der Waals surface area contributed by atoms with Gasteiger partial charge in [-0.15, -0.1) is 0 Å². The largest absolute Gasteiger partial charge is 0.335 e. The molecule has 1 fully saturated rings. The lowest BCUT2D eigenvalue weighted by molar-refractivity contribution is 0.232. The molecule has 19 heavy (non-hydrogen) atoms. The maximum atomic E-state index is 11.9. The SMILES string of the molecule is CC1CCCCC1NC(=O)Nc1ccc(C#N)cc1. The molecule has 2 N–H and O–H groups in total. The second kappa shape index (κ2) is 6.24.